The van der Waals surface area contributed by atoms with Gasteiger partial charge in [0.15, 0.2) is 5.78 Å². The molecule has 1 saturated heterocycles. The van der Waals surface area contributed by atoms with E-state index in [0.29, 0.717) is 5.75 Å². The average Bonchev–Trinajstić information content (AvgIpc) is 2.79. The Bertz CT molecular complexity index is 905. The van der Waals surface area contributed by atoms with Crippen LogP contribution in [0.2, 0.25) is 0 Å². The molecule has 1 aromatic heterocycles. The van der Waals surface area contributed by atoms with Crippen molar-refractivity contribution >= 4 is 23.2 Å². The van der Waals surface area contributed by atoms with E-state index in [1.54, 1.807) is 0 Å². The van der Waals surface area contributed by atoms with E-state index >= 15 is 0 Å². The van der Waals surface area contributed by atoms with Gasteiger partial charge in [-0.1, -0.05) is 54.2 Å². The van der Waals surface area contributed by atoms with Crippen LogP contribution in [-0.4, -0.2) is 34.8 Å². The lowest BCUT2D eigenvalue weighted by Crippen LogP contribution is -2.29. The molecule has 0 unspecified atom stereocenters. The van der Waals surface area contributed by atoms with Gasteiger partial charge >= 0.3 is 0 Å². The molecule has 1 aliphatic heterocycles. The van der Waals surface area contributed by atoms with Crippen LogP contribution in [0.4, 0.5) is 5.69 Å². The van der Waals surface area contributed by atoms with E-state index in [1.807, 2.05) is 42.5 Å². The summed E-state index contributed by atoms with van der Waals surface area (Å²) >= 11 is 1.42. The monoisotopic (exact) mass is 389 g/mol. The number of Topliss-reactive ketones (excluding diaryl/α,β-unsaturated/α-hetero) is 1. The van der Waals surface area contributed by atoms with Gasteiger partial charge in [-0.3, -0.25) is 4.79 Å². The molecular formula is C23H23N3OS. The molecule has 0 saturated carbocycles. The minimum absolute atomic E-state index is 0.102. The van der Waals surface area contributed by atoms with Gasteiger partial charge in [-0.15, -0.1) is 10.2 Å². The zero-order valence-corrected chi connectivity index (χ0v) is 16.6. The maximum absolute atomic E-state index is 12.2. The third kappa shape index (κ3) is 4.60. The molecule has 0 aliphatic carbocycles. The van der Waals surface area contributed by atoms with Gasteiger partial charge in [0.25, 0.3) is 0 Å². The Balaban J connectivity index is 1.37. The first-order valence-electron chi connectivity index (χ1n) is 9.70. The molecule has 1 aliphatic rings. The number of aromatic nitrogens is 2. The molecule has 0 bridgehead atoms. The van der Waals surface area contributed by atoms with Crippen LogP contribution in [-0.2, 0) is 0 Å². The quantitative estimate of drug-likeness (QED) is 0.433. The molecule has 2 aromatic carbocycles. The van der Waals surface area contributed by atoms with E-state index in [1.165, 1.54) is 36.7 Å². The number of nitrogens with zero attached hydrogens (tertiary/aromatic N) is 3. The molecule has 2 heterocycles. The van der Waals surface area contributed by atoms with Crippen LogP contribution in [0.5, 0.6) is 0 Å². The van der Waals surface area contributed by atoms with Gasteiger partial charge in [-0.2, -0.15) is 0 Å². The Morgan fingerprint density at radius 1 is 0.857 bits per heavy atom. The predicted molar refractivity (Wildman–Crippen MR) is 115 cm³/mol. The topological polar surface area (TPSA) is 46.1 Å². The summed E-state index contributed by atoms with van der Waals surface area (Å²) in [4.78, 5) is 14.6. The molecule has 1 fully saturated rings. The van der Waals surface area contributed by atoms with E-state index in [0.717, 1.165) is 34.9 Å². The number of anilines is 1. The van der Waals surface area contributed by atoms with Crippen LogP contribution >= 0.6 is 11.8 Å². The van der Waals surface area contributed by atoms with E-state index in [-0.39, 0.29) is 5.78 Å². The predicted octanol–water partition coefficient (Wildman–Crippen LogP) is 5.11. The Kier molecular flexibility index (Phi) is 6.02. The minimum Gasteiger partial charge on any atom is -0.372 e. The lowest BCUT2D eigenvalue weighted by Gasteiger charge is -2.28. The second-order valence-electron chi connectivity index (χ2n) is 6.93. The normalized spacial score (nSPS) is 14.1. The van der Waals surface area contributed by atoms with Gasteiger partial charge in [0.1, 0.15) is 5.03 Å². The highest BCUT2D eigenvalue weighted by Crippen LogP contribution is 2.25. The van der Waals surface area contributed by atoms with Crippen molar-refractivity contribution in [2.75, 3.05) is 23.7 Å². The summed E-state index contributed by atoms with van der Waals surface area (Å²) in [5.41, 5.74) is 3.92. The SMILES string of the molecule is O=C(CSc1ccc(-c2ccc(N3CCCCC3)cc2)nn1)c1ccccc1. The second kappa shape index (κ2) is 9.02. The number of thioether (sulfide) groups is 1. The minimum atomic E-state index is 0.102. The summed E-state index contributed by atoms with van der Waals surface area (Å²) in [6, 6.07) is 21.8. The first-order chi connectivity index (χ1) is 13.8. The van der Waals surface area contributed by atoms with E-state index in [9.17, 15) is 4.79 Å². The van der Waals surface area contributed by atoms with Crippen molar-refractivity contribution in [2.24, 2.45) is 0 Å². The third-order valence-corrected chi connectivity index (χ3v) is 5.89. The van der Waals surface area contributed by atoms with Crippen molar-refractivity contribution in [3.63, 3.8) is 0 Å². The Labute approximate surface area is 170 Å². The molecule has 0 atom stereocenters. The smallest absolute Gasteiger partial charge is 0.173 e. The number of carbonyl (C=O) groups excluding carboxylic acids is 1. The summed E-state index contributed by atoms with van der Waals surface area (Å²) in [7, 11) is 0. The first kappa shape index (κ1) is 18.7. The fraction of sp³-hybridized carbons (Fsp3) is 0.261. The van der Waals surface area contributed by atoms with Crippen molar-refractivity contribution in [1.29, 1.82) is 0 Å². The third-order valence-electron chi connectivity index (χ3n) is 4.97. The Hall–Kier alpha value is -2.66. The van der Waals surface area contributed by atoms with E-state index < -0.39 is 0 Å². The first-order valence-corrected chi connectivity index (χ1v) is 10.7. The van der Waals surface area contributed by atoms with Gasteiger partial charge in [-0.25, -0.2) is 0 Å². The van der Waals surface area contributed by atoms with Crippen molar-refractivity contribution in [3.8, 4) is 11.3 Å². The number of benzene rings is 2. The van der Waals surface area contributed by atoms with Crippen LogP contribution in [0.3, 0.4) is 0 Å². The van der Waals surface area contributed by atoms with Crippen molar-refractivity contribution in [3.05, 3.63) is 72.3 Å². The molecule has 142 valence electrons. The molecule has 0 amide bonds. The lowest BCUT2D eigenvalue weighted by atomic mass is 10.1. The largest absolute Gasteiger partial charge is 0.372 e. The van der Waals surface area contributed by atoms with Crippen molar-refractivity contribution < 1.29 is 4.79 Å². The molecule has 0 spiro atoms. The highest BCUT2D eigenvalue weighted by atomic mass is 32.2. The number of hydrogen-bond donors (Lipinski definition) is 0. The molecular weight excluding hydrogens is 366 g/mol. The standard InChI is InChI=1S/C23H23N3OS/c27-22(19-7-3-1-4-8-19)17-28-23-14-13-21(24-25-23)18-9-11-20(12-10-18)26-15-5-2-6-16-26/h1,3-4,7-14H,2,5-6,15-17H2. The van der Waals surface area contributed by atoms with Gasteiger partial charge in [0, 0.05) is 29.9 Å². The maximum atomic E-state index is 12.2. The average molecular weight is 390 g/mol. The Morgan fingerprint density at radius 3 is 2.29 bits per heavy atom. The van der Waals surface area contributed by atoms with E-state index in [4.69, 9.17) is 0 Å². The molecule has 0 N–H and O–H groups in total. The van der Waals surface area contributed by atoms with Crippen LogP contribution in [0, 0.1) is 0 Å². The molecule has 28 heavy (non-hydrogen) atoms. The number of piperidine rings is 1. The summed E-state index contributed by atoms with van der Waals surface area (Å²) in [6.45, 7) is 2.29. The fourth-order valence-corrected chi connectivity index (χ4v) is 4.10. The van der Waals surface area contributed by atoms with Gasteiger partial charge < -0.3 is 4.90 Å². The zero-order valence-electron chi connectivity index (χ0n) is 15.8. The summed E-state index contributed by atoms with van der Waals surface area (Å²) in [5, 5.41) is 9.39. The second-order valence-corrected chi connectivity index (χ2v) is 7.92. The van der Waals surface area contributed by atoms with Crippen LogP contribution in [0.15, 0.2) is 71.8 Å². The number of hydrogen-bond acceptors (Lipinski definition) is 5. The fourth-order valence-electron chi connectivity index (χ4n) is 3.39. The van der Waals surface area contributed by atoms with Crippen LogP contribution in [0.25, 0.3) is 11.3 Å². The van der Waals surface area contributed by atoms with E-state index in [2.05, 4.69) is 39.4 Å². The summed E-state index contributed by atoms with van der Waals surface area (Å²) in [5.74, 6) is 0.465. The van der Waals surface area contributed by atoms with Gasteiger partial charge in [0.05, 0.1) is 11.4 Å². The van der Waals surface area contributed by atoms with Crippen molar-refractivity contribution in [2.45, 2.75) is 24.3 Å². The molecule has 5 heteroatoms. The van der Waals surface area contributed by atoms with Crippen LogP contribution < -0.4 is 4.90 Å². The summed E-state index contributed by atoms with van der Waals surface area (Å²) in [6.07, 6.45) is 3.89. The van der Waals surface area contributed by atoms with Crippen molar-refractivity contribution in [1.82, 2.24) is 10.2 Å². The van der Waals surface area contributed by atoms with Crippen LogP contribution in [0.1, 0.15) is 29.6 Å². The lowest BCUT2D eigenvalue weighted by molar-refractivity contribution is 0.102. The summed E-state index contributed by atoms with van der Waals surface area (Å²) < 4.78 is 0. The maximum Gasteiger partial charge on any atom is 0.173 e. The zero-order chi connectivity index (χ0) is 19.2. The number of carbonyl (C=O) groups is 1. The highest BCUT2D eigenvalue weighted by molar-refractivity contribution is 7.99. The molecule has 4 rings (SSSR count). The Morgan fingerprint density at radius 2 is 1.61 bits per heavy atom. The van der Waals surface area contributed by atoms with Gasteiger partial charge in [-0.05, 0) is 43.5 Å². The molecule has 0 radical (unpaired) electrons. The van der Waals surface area contributed by atoms with Gasteiger partial charge in [0.2, 0.25) is 0 Å². The highest BCUT2D eigenvalue weighted by Gasteiger charge is 2.11. The number of ketones is 1. The molecule has 4 nitrogen and oxygen atoms in total. The molecule has 3 aromatic rings. The number of rotatable bonds is 6.